The zero-order valence-corrected chi connectivity index (χ0v) is 18.9. The number of fused-ring (bicyclic) bond motifs is 1. The highest BCUT2D eigenvalue weighted by molar-refractivity contribution is 7.13. The normalized spacial score (nSPS) is 11.1. The average molecular weight is 469 g/mol. The van der Waals surface area contributed by atoms with E-state index in [9.17, 15) is 9.59 Å². The molecule has 2 aromatic heterocycles. The third kappa shape index (κ3) is 5.21. The number of rotatable bonds is 8. The molecule has 32 heavy (non-hydrogen) atoms. The molecule has 2 aromatic carbocycles. The first-order valence-electron chi connectivity index (χ1n) is 9.98. The number of halogens is 1. The topological polar surface area (TPSA) is 88.2 Å². The molecule has 9 heteroatoms. The summed E-state index contributed by atoms with van der Waals surface area (Å²) in [5.41, 5.74) is 1.96. The van der Waals surface area contributed by atoms with Gasteiger partial charge in [-0.25, -0.2) is 9.97 Å². The van der Waals surface area contributed by atoms with Crippen molar-refractivity contribution in [3.63, 3.8) is 0 Å². The van der Waals surface area contributed by atoms with E-state index in [1.54, 1.807) is 30.2 Å². The van der Waals surface area contributed by atoms with E-state index in [1.807, 2.05) is 35.7 Å². The average Bonchev–Trinajstić information content (AvgIpc) is 3.25. The Kier molecular flexibility index (Phi) is 6.94. The smallest absolute Gasteiger partial charge is 0.258 e. The molecule has 0 aliphatic heterocycles. The van der Waals surface area contributed by atoms with Crippen LogP contribution in [0, 0.1) is 0 Å². The minimum Gasteiger partial charge on any atom is -0.383 e. The van der Waals surface area contributed by atoms with Crippen LogP contribution in [-0.2, 0) is 22.5 Å². The van der Waals surface area contributed by atoms with Crippen molar-refractivity contribution in [1.29, 1.82) is 0 Å². The minimum absolute atomic E-state index is 0.124. The van der Waals surface area contributed by atoms with Crippen molar-refractivity contribution >= 4 is 39.7 Å². The zero-order chi connectivity index (χ0) is 22.5. The number of nitrogens with one attached hydrogen (secondary N) is 1. The number of benzene rings is 2. The van der Waals surface area contributed by atoms with Crippen LogP contribution in [0.25, 0.3) is 21.5 Å². The van der Waals surface area contributed by atoms with Crippen molar-refractivity contribution in [3.05, 3.63) is 80.8 Å². The Morgan fingerprint density at radius 1 is 1.19 bits per heavy atom. The standard InChI is InChI=1S/C23H21ClN4O3S/c1-31-10-9-28(13-20-26-19-8-3-2-7-18(19)22(30)27-20)21(29)12-17-14-32-23(25-17)15-5-4-6-16(24)11-15/h2-8,11,14H,9-10,12-13H2,1H3,(H,26,27,30). The van der Waals surface area contributed by atoms with E-state index >= 15 is 0 Å². The summed E-state index contributed by atoms with van der Waals surface area (Å²) in [6.07, 6.45) is 0.137. The zero-order valence-electron chi connectivity index (χ0n) is 17.4. The Labute approximate surface area is 193 Å². The predicted molar refractivity (Wildman–Crippen MR) is 126 cm³/mol. The first-order valence-corrected chi connectivity index (χ1v) is 11.2. The second-order valence-electron chi connectivity index (χ2n) is 7.17. The van der Waals surface area contributed by atoms with Crippen LogP contribution in [0.1, 0.15) is 11.5 Å². The maximum absolute atomic E-state index is 13.1. The highest BCUT2D eigenvalue weighted by Crippen LogP contribution is 2.26. The molecule has 0 radical (unpaired) electrons. The Morgan fingerprint density at radius 3 is 2.84 bits per heavy atom. The van der Waals surface area contributed by atoms with Gasteiger partial charge in [-0.05, 0) is 24.3 Å². The van der Waals surface area contributed by atoms with Gasteiger partial charge in [0.25, 0.3) is 5.56 Å². The molecule has 0 fully saturated rings. The van der Waals surface area contributed by atoms with Crippen molar-refractivity contribution in [3.8, 4) is 10.6 Å². The number of ether oxygens (including phenoxy) is 1. The first kappa shape index (κ1) is 22.1. The number of methoxy groups -OCH3 is 1. The van der Waals surface area contributed by atoms with Gasteiger partial charge in [-0.3, -0.25) is 9.59 Å². The van der Waals surface area contributed by atoms with Gasteiger partial charge in [0, 0.05) is 29.6 Å². The molecule has 0 aliphatic rings. The number of amides is 1. The second kappa shape index (κ2) is 10.0. The molecule has 0 saturated carbocycles. The fourth-order valence-electron chi connectivity index (χ4n) is 3.29. The first-order chi connectivity index (χ1) is 15.5. The number of aromatic amines is 1. The van der Waals surface area contributed by atoms with E-state index in [1.165, 1.54) is 11.3 Å². The van der Waals surface area contributed by atoms with Gasteiger partial charge >= 0.3 is 0 Å². The lowest BCUT2D eigenvalue weighted by Crippen LogP contribution is -2.35. The van der Waals surface area contributed by atoms with Gasteiger partial charge in [-0.2, -0.15) is 0 Å². The van der Waals surface area contributed by atoms with Crippen LogP contribution in [-0.4, -0.2) is 46.0 Å². The number of nitrogens with zero attached hydrogens (tertiary/aromatic N) is 3. The third-order valence-electron chi connectivity index (χ3n) is 4.88. The lowest BCUT2D eigenvalue weighted by atomic mass is 10.2. The number of para-hydroxylation sites is 1. The second-order valence-corrected chi connectivity index (χ2v) is 8.46. The molecular formula is C23H21ClN4O3S. The van der Waals surface area contributed by atoms with Gasteiger partial charge in [-0.1, -0.05) is 35.9 Å². The van der Waals surface area contributed by atoms with Gasteiger partial charge in [0.1, 0.15) is 10.8 Å². The number of carbonyl (C=O) groups excluding carboxylic acids is 1. The number of hydrogen-bond acceptors (Lipinski definition) is 6. The molecule has 0 spiro atoms. The van der Waals surface area contributed by atoms with Crippen molar-refractivity contribution in [2.45, 2.75) is 13.0 Å². The van der Waals surface area contributed by atoms with Gasteiger partial charge in [0.15, 0.2) is 0 Å². The monoisotopic (exact) mass is 468 g/mol. The Morgan fingerprint density at radius 2 is 2.03 bits per heavy atom. The lowest BCUT2D eigenvalue weighted by Gasteiger charge is -2.21. The SMILES string of the molecule is COCCN(Cc1nc2ccccc2c(=O)[nH]1)C(=O)Cc1csc(-c2cccc(Cl)c2)n1. The van der Waals surface area contributed by atoms with Crippen LogP contribution in [0.15, 0.2) is 58.7 Å². The molecule has 164 valence electrons. The molecule has 1 amide bonds. The summed E-state index contributed by atoms with van der Waals surface area (Å²) in [5.74, 6) is 0.303. The molecule has 2 heterocycles. The van der Waals surface area contributed by atoms with Crippen LogP contribution in [0.4, 0.5) is 0 Å². The Balaban J connectivity index is 1.52. The van der Waals surface area contributed by atoms with Gasteiger partial charge in [0.05, 0.1) is 36.2 Å². The molecule has 1 N–H and O–H groups in total. The van der Waals surface area contributed by atoms with Crippen LogP contribution in [0.3, 0.4) is 0 Å². The summed E-state index contributed by atoms with van der Waals surface area (Å²) in [7, 11) is 1.58. The fraction of sp³-hybridized carbons (Fsp3) is 0.217. The van der Waals surface area contributed by atoms with Crippen molar-refractivity contribution in [1.82, 2.24) is 19.9 Å². The van der Waals surface area contributed by atoms with E-state index in [-0.39, 0.29) is 24.4 Å². The van der Waals surface area contributed by atoms with E-state index in [0.29, 0.717) is 40.6 Å². The van der Waals surface area contributed by atoms with E-state index in [4.69, 9.17) is 16.3 Å². The maximum atomic E-state index is 13.1. The highest BCUT2D eigenvalue weighted by atomic mass is 35.5. The van der Waals surface area contributed by atoms with Gasteiger partial charge < -0.3 is 14.6 Å². The molecule has 7 nitrogen and oxygen atoms in total. The molecular weight excluding hydrogens is 448 g/mol. The molecule has 4 aromatic rings. The lowest BCUT2D eigenvalue weighted by molar-refractivity contribution is -0.131. The van der Waals surface area contributed by atoms with Crippen molar-refractivity contribution in [2.75, 3.05) is 20.3 Å². The number of carbonyl (C=O) groups is 1. The Hall–Kier alpha value is -3.07. The van der Waals surface area contributed by atoms with Crippen LogP contribution in [0.2, 0.25) is 5.02 Å². The summed E-state index contributed by atoms with van der Waals surface area (Å²) in [6.45, 7) is 0.916. The maximum Gasteiger partial charge on any atom is 0.258 e. The Bertz CT molecular complexity index is 1300. The molecule has 0 saturated heterocycles. The summed E-state index contributed by atoms with van der Waals surface area (Å²) >= 11 is 7.54. The largest absolute Gasteiger partial charge is 0.383 e. The summed E-state index contributed by atoms with van der Waals surface area (Å²) in [6, 6.07) is 14.6. The molecule has 0 atom stereocenters. The van der Waals surface area contributed by atoms with Crippen molar-refractivity contribution < 1.29 is 9.53 Å². The van der Waals surface area contributed by atoms with Crippen LogP contribution >= 0.6 is 22.9 Å². The van der Waals surface area contributed by atoms with Gasteiger partial charge in [-0.15, -0.1) is 11.3 Å². The summed E-state index contributed by atoms with van der Waals surface area (Å²) < 4.78 is 5.17. The predicted octanol–water partition coefficient (Wildman–Crippen LogP) is 3.92. The van der Waals surface area contributed by atoms with Gasteiger partial charge in [0.2, 0.25) is 5.91 Å². The summed E-state index contributed by atoms with van der Waals surface area (Å²) in [5, 5.41) is 3.83. The van der Waals surface area contributed by atoms with Crippen molar-refractivity contribution in [2.24, 2.45) is 0 Å². The fourth-order valence-corrected chi connectivity index (χ4v) is 4.30. The third-order valence-corrected chi connectivity index (χ3v) is 6.05. The van der Waals surface area contributed by atoms with Crippen LogP contribution < -0.4 is 5.56 Å². The minimum atomic E-state index is -0.226. The molecule has 4 rings (SSSR count). The number of thiazole rings is 1. The van der Waals surface area contributed by atoms with Crippen LogP contribution in [0.5, 0.6) is 0 Å². The number of aromatic nitrogens is 3. The highest BCUT2D eigenvalue weighted by Gasteiger charge is 2.18. The number of hydrogen-bond donors (Lipinski definition) is 1. The van der Waals surface area contributed by atoms with E-state index in [0.717, 1.165) is 10.6 Å². The quantitative estimate of drug-likeness (QED) is 0.423. The van der Waals surface area contributed by atoms with E-state index in [2.05, 4.69) is 15.0 Å². The summed E-state index contributed by atoms with van der Waals surface area (Å²) in [4.78, 5) is 38.9. The number of H-pyrrole nitrogens is 1. The molecule has 0 aliphatic carbocycles. The van der Waals surface area contributed by atoms with E-state index < -0.39 is 0 Å². The molecule has 0 bridgehead atoms. The molecule has 0 unspecified atom stereocenters.